The van der Waals surface area contributed by atoms with Crippen molar-refractivity contribution in [1.29, 1.82) is 0 Å². The maximum absolute atomic E-state index is 12.3. The number of carbonyl (C=O) groups excluding carboxylic acids is 1. The second kappa shape index (κ2) is 4.61. The molecule has 0 spiro atoms. The van der Waals surface area contributed by atoms with Gasteiger partial charge in [-0.05, 0) is 36.1 Å². The summed E-state index contributed by atoms with van der Waals surface area (Å²) in [5, 5.41) is 3.38. The van der Waals surface area contributed by atoms with E-state index in [0.29, 0.717) is 11.8 Å². The Labute approximate surface area is 107 Å². The molecule has 0 saturated carbocycles. The average Bonchev–Trinajstić information content (AvgIpc) is 2.99. The standard InChI is InChI=1S/C14H18N2O2/c1-18-13-4-2-10(3-5-13)14(17)16-8-11-6-15-7-12(11)9-16/h2-5,11-12,15H,6-9H2,1H3. The zero-order valence-electron chi connectivity index (χ0n) is 10.6. The van der Waals surface area contributed by atoms with Gasteiger partial charge < -0.3 is 15.0 Å². The zero-order valence-corrected chi connectivity index (χ0v) is 10.6. The Kier molecular flexibility index (Phi) is 2.96. The largest absolute Gasteiger partial charge is 0.497 e. The molecule has 0 aliphatic carbocycles. The minimum atomic E-state index is 0.145. The van der Waals surface area contributed by atoms with Crippen molar-refractivity contribution in [3.05, 3.63) is 29.8 Å². The highest BCUT2D eigenvalue weighted by atomic mass is 16.5. The lowest BCUT2D eigenvalue weighted by Crippen LogP contribution is -2.31. The SMILES string of the molecule is COc1ccc(C(=O)N2CC3CNCC3C2)cc1. The number of carbonyl (C=O) groups is 1. The van der Waals surface area contributed by atoms with Gasteiger partial charge in [0, 0.05) is 31.7 Å². The van der Waals surface area contributed by atoms with Crippen LogP contribution in [0.25, 0.3) is 0 Å². The number of rotatable bonds is 2. The van der Waals surface area contributed by atoms with Crippen LogP contribution in [0.2, 0.25) is 0 Å². The maximum atomic E-state index is 12.3. The average molecular weight is 246 g/mol. The van der Waals surface area contributed by atoms with Crippen molar-refractivity contribution in [2.45, 2.75) is 0 Å². The Morgan fingerprint density at radius 1 is 1.22 bits per heavy atom. The van der Waals surface area contributed by atoms with Crippen molar-refractivity contribution in [2.75, 3.05) is 33.3 Å². The molecule has 4 nitrogen and oxygen atoms in total. The fourth-order valence-corrected chi connectivity index (χ4v) is 2.94. The summed E-state index contributed by atoms with van der Waals surface area (Å²) in [6, 6.07) is 7.36. The lowest BCUT2D eigenvalue weighted by Gasteiger charge is -2.17. The Hall–Kier alpha value is -1.55. The minimum Gasteiger partial charge on any atom is -0.497 e. The molecule has 1 amide bonds. The van der Waals surface area contributed by atoms with Gasteiger partial charge in [-0.25, -0.2) is 0 Å². The normalized spacial score (nSPS) is 26.2. The summed E-state index contributed by atoms with van der Waals surface area (Å²) in [4.78, 5) is 14.3. The number of methoxy groups -OCH3 is 1. The predicted octanol–water partition coefficient (Wildman–Crippen LogP) is 0.987. The number of benzene rings is 1. The molecule has 2 aliphatic heterocycles. The van der Waals surface area contributed by atoms with Gasteiger partial charge in [-0.15, -0.1) is 0 Å². The van der Waals surface area contributed by atoms with E-state index in [1.165, 1.54) is 0 Å². The van der Waals surface area contributed by atoms with Gasteiger partial charge in [0.25, 0.3) is 5.91 Å². The Balaban J connectivity index is 1.70. The van der Waals surface area contributed by atoms with Crippen molar-refractivity contribution in [3.8, 4) is 5.75 Å². The summed E-state index contributed by atoms with van der Waals surface area (Å²) in [5.74, 6) is 2.22. The second-order valence-electron chi connectivity index (χ2n) is 5.12. The van der Waals surface area contributed by atoms with E-state index in [9.17, 15) is 4.79 Å². The first-order chi connectivity index (χ1) is 8.78. The molecule has 2 fully saturated rings. The number of nitrogens with zero attached hydrogens (tertiary/aromatic N) is 1. The molecule has 2 aliphatic rings. The van der Waals surface area contributed by atoms with Crippen molar-refractivity contribution in [3.63, 3.8) is 0 Å². The molecule has 2 atom stereocenters. The van der Waals surface area contributed by atoms with E-state index in [2.05, 4.69) is 5.32 Å². The third-order valence-corrected chi connectivity index (χ3v) is 4.01. The van der Waals surface area contributed by atoms with Crippen LogP contribution in [0.1, 0.15) is 10.4 Å². The van der Waals surface area contributed by atoms with Gasteiger partial charge in [-0.1, -0.05) is 0 Å². The van der Waals surface area contributed by atoms with E-state index in [-0.39, 0.29) is 5.91 Å². The van der Waals surface area contributed by atoms with Crippen molar-refractivity contribution >= 4 is 5.91 Å². The van der Waals surface area contributed by atoms with Gasteiger partial charge in [0.15, 0.2) is 0 Å². The van der Waals surface area contributed by atoms with Gasteiger partial charge in [0.1, 0.15) is 5.75 Å². The van der Waals surface area contributed by atoms with Crippen molar-refractivity contribution in [2.24, 2.45) is 11.8 Å². The van der Waals surface area contributed by atoms with Crippen LogP contribution in [0, 0.1) is 11.8 Å². The van der Waals surface area contributed by atoms with Crippen molar-refractivity contribution in [1.82, 2.24) is 10.2 Å². The van der Waals surface area contributed by atoms with Gasteiger partial charge in [-0.2, -0.15) is 0 Å². The monoisotopic (exact) mass is 246 g/mol. The van der Waals surface area contributed by atoms with Crippen LogP contribution in [0.15, 0.2) is 24.3 Å². The highest BCUT2D eigenvalue weighted by molar-refractivity contribution is 5.94. The summed E-state index contributed by atoms with van der Waals surface area (Å²) in [6.45, 7) is 3.89. The first-order valence-corrected chi connectivity index (χ1v) is 6.42. The molecule has 2 unspecified atom stereocenters. The van der Waals surface area contributed by atoms with E-state index in [1.54, 1.807) is 7.11 Å². The molecule has 96 valence electrons. The highest BCUT2D eigenvalue weighted by Crippen LogP contribution is 2.27. The smallest absolute Gasteiger partial charge is 0.253 e. The molecule has 1 N–H and O–H groups in total. The number of nitrogens with one attached hydrogen (secondary N) is 1. The number of hydrogen-bond acceptors (Lipinski definition) is 3. The van der Waals surface area contributed by atoms with Crippen LogP contribution in [-0.4, -0.2) is 44.1 Å². The number of hydrogen-bond donors (Lipinski definition) is 1. The lowest BCUT2D eigenvalue weighted by molar-refractivity contribution is 0.0781. The molecule has 3 rings (SSSR count). The van der Waals surface area contributed by atoms with Gasteiger partial charge >= 0.3 is 0 Å². The molecule has 0 radical (unpaired) electrons. The van der Waals surface area contributed by atoms with Crippen LogP contribution in [0.5, 0.6) is 5.75 Å². The Morgan fingerprint density at radius 2 is 1.83 bits per heavy atom. The lowest BCUT2D eigenvalue weighted by atomic mass is 10.0. The predicted molar refractivity (Wildman–Crippen MR) is 68.7 cm³/mol. The third-order valence-electron chi connectivity index (χ3n) is 4.01. The van der Waals surface area contributed by atoms with Crippen LogP contribution in [0.3, 0.4) is 0 Å². The Bertz CT molecular complexity index is 432. The molecular weight excluding hydrogens is 228 g/mol. The summed E-state index contributed by atoms with van der Waals surface area (Å²) < 4.78 is 5.10. The summed E-state index contributed by atoms with van der Waals surface area (Å²) in [6.07, 6.45) is 0. The first kappa shape index (κ1) is 11.5. The third kappa shape index (κ3) is 1.97. The number of fused-ring (bicyclic) bond motifs is 1. The second-order valence-corrected chi connectivity index (χ2v) is 5.12. The quantitative estimate of drug-likeness (QED) is 0.846. The number of ether oxygens (including phenoxy) is 1. The molecule has 2 saturated heterocycles. The van der Waals surface area contributed by atoms with Gasteiger partial charge in [0.05, 0.1) is 7.11 Å². The topological polar surface area (TPSA) is 41.6 Å². The summed E-state index contributed by atoms with van der Waals surface area (Å²) >= 11 is 0. The number of likely N-dealkylation sites (tertiary alicyclic amines) is 1. The molecule has 2 heterocycles. The fraction of sp³-hybridized carbons (Fsp3) is 0.500. The first-order valence-electron chi connectivity index (χ1n) is 6.42. The zero-order chi connectivity index (χ0) is 12.5. The number of amides is 1. The molecule has 4 heteroatoms. The minimum absolute atomic E-state index is 0.145. The fourth-order valence-electron chi connectivity index (χ4n) is 2.94. The van der Waals surface area contributed by atoms with Crippen molar-refractivity contribution < 1.29 is 9.53 Å². The molecule has 18 heavy (non-hydrogen) atoms. The molecular formula is C14H18N2O2. The van der Waals surface area contributed by atoms with E-state index in [0.717, 1.165) is 37.5 Å². The van der Waals surface area contributed by atoms with E-state index >= 15 is 0 Å². The van der Waals surface area contributed by atoms with Crippen LogP contribution in [-0.2, 0) is 0 Å². The molecule has 0 bridgehead atoms. The maximum Gasteiger partial charge on any atom is 0.253 e. The van der Waals surface area contributed by atoms with E-state index in [1.807, 2.05) is 29.2 Å². The highest BCUT2D eigenvalue weighted by Gasteiger charge is 2.38. The van der Waals surface area contributed by atoms with Gasteiger partial charge in [-0.3, -0.25) is 4.79 Å². The summed E-state index contributed by atoms with van der Waals surface area (Å²) in [5.41, 5.74) is 0.753. The van der Waals surface area contributed by atoms with Crippen LogP contribution in [0.4, 0.5) is 0 Å². The van der Waals surface area contributed by atoms with Crippen LogP contribution < -0.4 is 10.1 Å². The molecule has 1 aromatic rings. The van der Waals surface area contributed by atoms with Gasteiger partial charge in [0.2, 0.25) is 0 Å². The molecule has 0 aromatic heterocycles. The van der Waals surface area contributed by atoms with E-state index < -0.39 is 0 Å². The van der Waals surface area contributed by atoms with Crippen LogP contribution >= 0.6 is 0 Å². The molecule has 1 aromatic carbocycles. The Morgan fingerprint density at radius 3 is 2.39 bits per heavy atom. The summed E-state index contributed by atoms with van der Waals surface area (Å²) in [7, 11) is 1.63. The van der Waals surface area contributed by atoms with E-state index in [4.69, 9.17) is 4.74 Å².